The van der Waals surface area contributed by atoms with Gasteiger partial charge in [-0.1, -0.05) is 34.6 Å². The van der Waals surface area contributed by atoms with Crippen LogP contribution in [0.4, 0.5) is 66.3 Å². The third-order valence-corrected chi connectivity index (χ3v) is 25.5. The number of aromatic amines is 5. The van der Waals surface area contributed by atoms with Crippen molar-refractivity contribution in [3.8, 4) is 52.9 Å². The number of nitrogens with one attached hydrogen (secondary N) is 11. The van der Waals surface area contributed by atoms with E-state index >= 15 is 0 Å². The van der Waals surface area contributed by atoms with Crippen molar-refractivity contribution in [1.82, 2.24) is 86.1 Å². The minimum atomic E-state index is -2.53. The van der Waals surface area contributed by atoms with E-state index in [0.29, 0.717) is 85.9 Å². The number of nitrogens with two attached hydrogens (primary N) is 5. The van der Waals surface area contributed by atoms with Gasteiger partial charge in [-0.2, -0.15) is 25.5 Å². The van der Waals surface area contributed by atoms with E-state index < -0.39 is 5.92 Å². The SMILES string of the molecule is CC(C)CNc1cc(N)nc2cc(-c3ccn[nH]3)sc12.CC(C)C[C@H](CO)Nc1cc(N)nc2cc(-c3ccn[nH]3)sc12.CCC(=O)N(CC)CCNc1cc(N)nc2cc(-c3ccn[nH]3)sc12.Nc1cc(NC2CCC(F)(F)CC2)c2sc(-c3ccn[nH]3)cc2n1.Nc1cc(NC2[C@H]3CNC[C@@H]23)c2sc(-c3ccn[nH]3)cc2n1. The Labute approximate surface area is 675 Å². The molecule has 1 unspecified atom stereocenters. The number of thiophene rings is 5. The number of hydrogen-bond acceptors (Lipinski definition) is 28. The number of amides is 1. The highest BCUT2D eigenvalue weighted by atomic mass is 32.1. The van der Waals surface area contributed by atoms with E-state index in [9.17, 15) is 18.7 Å². The number of aromatic nitrogens is 15. The summed E-state index contributed by atoms with van der Waals surface area (Å²) in [5.74, 6) is 2.70. The van der Waals surface area contributed by atoms with Crippen LogP contribution in [-0.4, -0.2) is 162 Å². The van der Waals surface area contributed by atoms with Crippen molar-refractivity contribution in [3.63, 3.8) is 0 Å². The fraction of sp³-hybridized carbons (Fsp3) is 0.346. The number of nitrogen functional groups attached to an aromatic ring is 5. The summed E-state index contributed by atoms with van der Waals surface area (Å²) < 4.78 is 32.0. The molecule has 0 radical (unpaired) electrons. The Morgan fingerprint density at radius 2 is 0.877 bits per heavy atom. The highest BCUT2D eigenvalue weighted by Gasteiger charge is 2.53. The first-order chi connectivity index (χ1) is 55.1. The lowest BCUT2D eigenvalue weighted by molar-refractivity contribution is -0.130. The third-order valence-electron chi connectivity index (χ3n) is 19.6. The molecular weight excluding hydrogens is 1550 g/mol. The zero-order valence-corrected chi connectivity index (χ0v) is 67.8. The second-order valence-corrected chi connectivity index (χ2v) is 34.3. The first-order valence-electron chi connectivity index (χ1n) is 37.8. The molecule has 1 amide bonds. The molecule has 2 aliphatic carbocycles. The van der Waals surface area contributed by atoms with Crippen molar-refractivity contribution in [1.29, 1.82) is 0 Å². The van der Waals surface area contributed by atoms with E-state index in [1.165, 1.54) is 0 Å². The molecule has 16 heterocycles. The van der Waals surface area contributed by atoms with Crippen LogP contribution < -0.4 is 60.6 Å². The maximum atomic E-state index is 13.3. The minimum absolute atomic E-state index is 0.00213. The van der Waals surface area contributed by atoms with Crippen LogP contribution >= 0.6 is 56.7 Å². The van der Waals surface area contributed by atoms with Gasteiger partial charge in [0.2, 0.25) is 11.8 Å². The Balaban J connectivity index is 0.000000118. The molecule has 4 atom stereocenters. The minimum Gasteiger partial charge on any atom is -0.394 e. The maximum Gasteiger partial charge on any atom is 0.248 e. The van der Waals surface area contributed by atoms with Crippen LogP contribution in [-0.2, 0) is 4.79 Å². The van der Waals surface area contributed by atoms with Crippen molar-refractivity contribution < 1.29 is 18.7 Å². The second kappa shape index (κ2) is 35.5. The van der Waals surface area contributed by atoms with Crippen molar-refractivity contribution in [2.45, 2.75) is 104 Å². The van der Waals surface area contributed by atoms with E-state index in [1.54, 1.807) is 93.7 Å². The number of nitrogens with zero attached hydrogens (tertiary/aromatic N) is 11. The molecule has 36 heteroatoms. The summed E-state index contributed by atoms with van der Waals surface area (Å²) in [4.78, 5) is 41.2. The molecular formula is C78H93F2N27O2S5. The number of aliphatic hydroxyl groups excluding tert-OH is 1. The summed E-state index contributed by atoms with van der Waals surface area (Å²) >= 11 is 8.25. The molecule has 1 aliphatic heterocycles. The van der Waals surface area contributed by atoms with E-state index in [2.05, 4.69) is 142 Å². The Hall–Kier alpha value is -11.2. The first-order valence-corrected chi connectivity index (χ1v) is 41.9. The van der Waals surface area contributed by atoms with Crippen LogP contribution in [0.1, 0.15) is 80.1 Å². The number of carbonyl (C=O) groups excluding carboxylic acids is 1. The van der Waals surface area contributed by atoms with Crippen LogP contribution in [0.15, 0.2) is 122 Å². The van der Waals surface area contributed by atoms with Crippen molar-refractivity contribution in [3.05, 3.63) is 122 Å². The number of carbonyl (C=O) groups is 1. The average Bonchev–Trinajstić information content (AvgIpc) is 1.59. The number of aliphatic hydroxyl groups is 1. The van der Waals surface area contributed by atoms with Crippen LogP contribution in [0.5, 0.6) is 0 Å². The van der Waals surface area contributed by atoms with E-state index in [-0.39, 0.29) is 37.4 Å². The second-order valence-electron chi connectivity index (χ2n) is 29.1. The lowest BCUT2D eigenvalue weighted by Crippen LogP contribution is -2.34. The summed E-state index contributed by atoms with van der Waals surface area (Å²) in [6, 6.07) is 29.7. The van der Waals surface area contributed by atoms with Gasteiger partial charge in [-0.3, -0.25) is 30.3 Å². The molecule has 114 heavy (non-hydrogen) atoms. The van der Waals surface area contributed by atoms with Crippen molar-refractivity contribution in [2.75, 3.05) is 101 Å². The zero-order chi connectivity index (χ0) is 79.7. The number of fused-ring (bicyclic) bond motifs is 6. The van der Waals surface area contributed by atoms with Gasteiger partial charge in [0, 0.05) is 138 Å². The van der Waals surface area contributed by atoms with Gasteiger partial charge in [-0.05, 0) is 111 Å². The number of H-pyrrole nitrogens is 5. The Morgan fingerprint density at radius 1 is 0.518 bits per heavy atom. The fourth-order valence-corrected chi connectivity index (χ4v) is 19.2. The largest absolute Gasteiger partial charge is 0.394 e. The maximum absolute atomic E-state index is 13.3. The molecule has 0 bridgehead atoms. The Morgan fingerprint density at radius 3 is 1.23 bits per heavy atom. The lowest BCUT2D eigenvalue weighted by atomic mass is 9.92. The van der Waals surface area contributed by atoms with E-state index in [4.69, 9.17) is 28.7 Å². The van der Waals surface area contributed by atoms with Gasteiger partial charge in [0.25, 0.3) is 0 Å². The molecule has 29 nitrogen and oxygen atoms in total. The van der Waals surface area contributed by atoms with Gasteiger partial charge in [-0.15, -0.1) is 56.7 Å². The molecule has 18 rings (SSSR count). The van der Waals surface area contributed by atoms with Crippen LogP contribution in [0.2, 0.25) is 0 Å². The number of likely N-dealkylation sites (N-methyl/N-ethyl adjacent to an activating group) is 1. The highest BCUT2D eigenvalue weighted by Crippen LogP contribution is 2.47. The standard InChI is InChI=1S/C17H22N6OS.C16H17F2N5S.C16H21N5OS.C15H16N6S.C14H17N5S/c1-3-16(24)23(4-2)8-7-19-12-10-15(18)21-13-9-14(25-17(12)13)11-5-6-20-22-11;17-16(18)4-1-9(2-5-16)21-12-8-14(19)22-11-7-13(24-15(11)12)10-3-6-20-23-10;1-9(2)5-10(8-22)19-13-7-15(17)20-12-6-14(23-16(12)13)11-3-4-18-21-11;16-13-4-11(20-14-7-5-17-6-8(7)14)15-10(19-13)3-12(22-15)9-1-2-18-21-9;1-8(2)7-16-10-6-13(15)18-11-5-12(20-14(10)11)9-3-4-17-19-9/h5-6,9-10H,3-4,7-8H2,1-2H3,(H,20,22)(H3,18,19,21);3,6-9H,1-2,4-5H2,(H,20,23)(H3,19,21,22);3-4,6-7,9-10,22H,5,8H2,1-2H3,(H,18,21)(H3,17,19,20);1-4,7-8,14,17H,5-6H2,(H,18,21)(H3,16,19,20);3-6,8H,7H2,1-2H3,(H,17,19)(H3,15,16,18)/t;;10-;7-,8+,14?;/m..1../s1. The van der Waals surface area contributed by atoms with Crippen LogP contribution in [0.3, 0.4) is 0 Å². The number of alkyl halides is 2. The molecule has 0 spiro atoms. The highest BCUT2D eigenvalue weighted by molar-refractivity contribution is 7.24. The van der Waals surface area contributed by atoms with Gasteiger partial charge >= 0.3 is 0 Å². The number of anilines is 10. The Bertz CT molecular complexity index is 5640. The number of pyridine rings is 5. The van der Waals surface area contributed by atoms with Gasteiger partial charge in [0.05, 0.1) is 139 Å². The molecule has 596 valence electrons. The predicted octanol–water partition coefficient (Wildman–Crippen LogP) is 15.5. The fourth-order valence-electron chi connectivity index (χ4n) is 13.9. The lowest BCUT2D eigenvalue weighted by Gasteiger charge is -2.29. The van der Waals surface area contributed by atoms with Gasteiger partial charge in [0.1, 0.15) is 29.1 Å². The van der Waals surface area contributed by atoms with E-state index in [1.807, 2.05) is 97.6 Å². The molecule has 3 aliphatic rings. The quantitative estimate of drug-likeness (QED) is 0.0283. The van der Waals surface area contributed by atoms with E-state index in [0.717, 1.165) is 170 Å². The molecule has 0 aromatic carbocycles. The molecule has 22 N–H and O–H groups in total. The summed E-state index contributed by atoms with van der Waals surface area (Å²) in [7, 11) is 0. The summed E-state index contributed by atoms with van der Waals surface area (Å²) in [6.07, 6.45) is 10.8. The molecule has 2 saturated carbocycles. The predicted molar refractivity (Wildman–Crippen MR) is 464 cm³/mol. The smallest absolute Gasteiger partial charge is 0.248 e. The summed E-state index contributed by atoms with van der Waals surface area (Å²) in [5.41, 5.74) is 43.8. The normalized spacial score (nSPS) is 15.9. The topological polar surface area (TPSA) is 451 Å². The zero-order valence-electron chi connectivity index (χ0n) is 63.7. The third kappa shape index (κ3) is 19.2. The number of hydrogen-bond donors (Lipinski definition) is 17. The van der Waals surface area contributed by atoms with Crippen molar-refractivity contribution >= 4 is 171 Å². The number of halogens is 2. The van der Waals surface area contributed by atoms with Crippen LogP contribution in [0.25, 0.3) is 104 Å². The summed E-state index contributed by atoms with van der Waals surface area (Å²) in [5, 5.41) is 65.2. The monoisotopic (exact) mass is 1640 g/mol. The number of rotatable bonds is 23. The van der Waals surface area contributed by atoms with Gasteiger partial charge < -0.3 is 70.6 Å². The average molecular weight is 1640 g/mol. The summed E-state index contributed by atoms with van der Waals surface area (Å²) in [6.45, 7) is 17.8. The molecule has 1 saturated heterocycles. The number of piperidine rings is 1. The first kappa shape index (κ1) is 79.5. The van der Waals surface area contributed by atoms with Crippen molar-refractivity contribution in [2.24, 2.45) is 23.7 Å². The van der Waals surface area contributed by atoms with Gasteiger partial charge in [-0.25, -0.2) is 33.7 Å². The molecule has 3 fully saturated rings. The molecule has 15 aromatic heterocycles. The Kier molecular flexibility index (Phi) is 24.7. The van der Waals surface area contributed by atoms with Crippen LogP contribution in [0, 0.1) is 23.7 Å². The molecule has 15 aromatic rings. The van der Waals surface area contributed by atoms with Gasteiger partial charge in [0.15, 0.2) is 0 Å².